The van der Waals surface area contributed by atoms with E-state index in [9.17, 15) is 4.79 Å². The maximum absolute atomic E-state index is 10.7. The quantitative estimate of drug-likeness (QED) is 0.599. The molecule has 2 saturated carbocycles. The van der Waals surface area contributed by atoms with E-state index in [1.807, 2.05) is 6.92 Å². The number of carboxylic acids is 1. The van der Waals surface area contributed by atoms with Crippen LogP contribution in [0.5, 0.6) is 0 Å². The van der Waals surface area contributed by atoms with Crippen LogP contribution < -0.4 is 0 Å². The molecule has 0 spiro atoms. The maximum atomic E-state index is 10.7. The SMILES string of the molecule is CC1(C(=O)O)C[C@H]2C[C@@H]2C1. The Morgan fingerprint density at radius 2 is 2.00 bits per heavy atom. The zero-order chi connectivity index (χ0) is 7.35. The predicted molar refractivity (Wildman–Crippen MR) is 36.6 cm³/mol. The second kappa shape index (κ2) is 1.55. The van der Waals surface area contributed by atoms with Gasteiger partial charge in [0, 0.05) is 0 Å². The van der Waals surface area contributed by atoms with Gasteiger partial charge in [-0.15, -0.1) is 0 Å². The summed E-state index contributed by atoms with van der Waals surface area (Å²) in [4.78, 5) is 10.7. The highest BCUT2D eigenvalue weighted by Crippen LogP contribution is 2.59. The fourth-order valence-electron chi connectivity index (χ4n) is 2.23. The standard InChI is InChI=1S/C8H12O2/c1-8(7(9)10)3-5-2-6(5)4-8/h5-6H,2-4H2,1H3,(H,9,10)/t5-,6-/m1/s1. The molecule has 2 heteroatoms. The Labute approximate surface area is 60.2 Å². The molecule has 10 heavy (non-hydrogen) atoms. The van der Waals surface area contributed by atoms with Crippen molar-refractivity contribution in [2.75, 3.05) is 0 Å². The molecule has 2 fully saturated rings. The van der Waals surface area contributed by atoms with Crippen LogP contribution in [0.3, 0.4) is 0 Å². The van der Waals surface area contributed by atoms with E-state index in [2.05, 4.69) is 0 Å². The summed E-state index contributed by atoms with van der Waals surface area (Å²) in [6.07, 6.45) is 3.14. The molecule has 1 N–H and O–H groups in total. The fraction of sp³-hybridized carbons (Fsp3) is 0.875. The summed E-state index contributed by atoms with van der Waals surface area (Å²) < 4.78 is 0. The first-order valence-corrected chi connectivity index (χ1v) is 3.85. The van der Waals surface area contributed by atoms with Gasteiger partial charge >= 0.3 is 5.97 Å². The van der Waals surface area contributed by atoms with E-state index in [-0.39, 0.29) is 5.41 Å². The first-order valence-electron chi connectivity index (χ1n) is 3.85. The minimum atomic E-state index is -0.597. The summed E-state index contributed by atoms with van der Waals surface area (Å²) in [6.45, 7) is 1.88. The molecular weight excluding hydrogens is 128 g/mol. The van der Waals surface area contributed by atoms with Crippen LogP contribution in [0, 0.1) is 17.3 Å². The third-order valence-corrected chi connectivity index (χ3v) is 3.01. The molecule has 2 nitrogen and oxygen atoms in total. The molecule has 0 radical (unpaired) electrons. The monoisotopic (exact) mass is 140 g/mol. The summed E-state index contributed by atoms with van der Waals surface area (Å²) in [5.74, 6) is 0.932. The average Bonchev–Trinajstić information content (AvgIpc) is 2.41. The first-order chi connectivity index (χ1) is 4.62. The van der Waals surface area contributed by atoms with Crippen molar-refractivity contribution in [3.05, 3.63) is 0 Å². The summed E-state index contributed by atoms with van der Waals surface area (Å²) in [6, 6.07) is 0. The zero-order valence-corrected chi connectivity index (χ0v) is 6.13. The summed E-state index contributed by atoms with van der Waals surface area (Å²) >= 11 is 0. The van der Waals surface area contributed by atoms with Crippen molar-refractivity contribution < 1.29 is 9.90 Å². The molecule has 0 aromatic carbocycles. The molecule has 0 aromatic heterocycles. The number of fused-ring (bicyclic) bond motifs is 1. The molecule has 56 valence electrons. The second-order valence-electron chi connectivity index (χ2n) is 4.03. The maximum Gasteiger partial charge on any atom is 0.309 e. The Balaban J connectivity index is 2.11. The summed E-state index contributed by atoms with van der Waals surface area (Å²) in [5, 5.41) is 8.81. The lowest BCUT2D eigenvalue weighted by Crippen LogP contribution is -2.25. The van der Waals surface area contributed by atoms with E-state index in [0.29, 0.717) is 0 Å². The highest BCUT2D eigenvalue weighted by molar-refractivity contribution is 5.74. The highest BCUT2D eigenvalue weighted by atomic mass is 16.4. The van der Waals surface area contributed by atoms with E-state index >= 15 is 0 Å². The van der Waals surface area contributed by atoms with E-state index in [4.69, 9.17) is 5.11 Å². The molecule has 2 aliphatic rings. The van der Waals surface area contributed by atoms with Crippen molar-refractivity contribution in [3.63, 3.8) is 0 Å². The van der Waals surface area contributed by atoms with Crippen molar-refractivity contribution in [2.45, 2.75) is 26.2 Å². The number of hydrogen-bond donors (Lipinski definition) is 1. The Morgan fingerprint density at radius 1 is 1.50 bits per heavy atom. The van der Waals surface area contributed by atoms with Crippen molar-refractivity contribution in [1.29, 1.82) is 0 Å². The number of carboxylic acid groups (broad SMARTS) is 1. The van der Waals surface area contributed by atoms with Gasteiger partial charge in [0.25, 0.3) is 0 Å². The van der Waals surface area contributed by atoms with Gasteiger partial charge in [-0.25, -0.2) is 0 Å². The fourth-order valence-corrected chi connectivity index (χ4v) is 2.23. The third-order valence-electron chi connectivity index (χ3n) is 3.01. The van der Waals surface area contributed by atoms with Gasteiger partial charge in [0.1, 0.15) is 0 Å². The number of rotatable bonds is 1. The van der Waals surface area contributed by atoms with E-state index in [0.717, 1.165) is 24.7 Å². The molecule has 0 unspecified atom stereocenters. The van der Waals surface area contributed by atoms with Gasteiger partial charge in [-0.1, -0.05) is 0 Å². The Kier molecular flexibility index (Phi) is 0.960. The lowest BCUT2D eigenvalue weighted by atomic mass is 9.86. The number of aliphatic carboxylic acids is 1. The van der Waals surface area contributed by atoms with Crippen LogP contribution in [0.25, 0.3) is 0 Å². The molecule has 0 aliphatic heterocycles. The lowest BCUT2D eigenvalue weighted by Gasteiger charge is -2.18. The van der Waals surface area contributed by atoms with Gasteiger partial charge in [0.05, 0.1) is 5.41 Å². The van der Waals surface area contributed by atoms with E-state index in [1.165, 1.54) is 6.42 Å². The molecular formula is C8H12O2. The Hall–Kier alpha value is -0.530. The van der Waals surface area contributed by atoms with Crippen LogP contribution in [-0.4, -0.2) is 11.1 Å². The van der Waals surface area contributed by atoms with Crippen LogP contribution in [0.15, 0.2) is 0 Å². The topological polar surface area (TPSA) is 37.3 Å². The van der Waals surface area contributed by atoms with E-state index < -0.39 is 5.97 Å². The van der Waals surface area contributed by atoms with Crippen molar-refractivity contribution in [3.8, 4) is 0 Å². The van der Waals surface area contributed by atoms with Crippen LogP contribution in [0.1, 0.15) is 26.2 Å². The molecule has 2 aliphatic carbocycles. The molecule has 2 atom stereocenters. The van der Waals surface area contributed by atoms with Crippen LogP contribution in [0.4, 0.5) is 0 Å². The number of hydrogen-bond acceptors (Lipinski definition) is 1. The van der Waals surface area contributed by atoms with Gasteiger partial charge < -0.3 is 5.11 Å². The Bertz CT molecular complexity index is 176. The first kappa shape index (κ1) is 6.20. The second-order valence-corrected chi connectivity index (χ2v) is 4.03. The Morgan fingerprint density at radius 3 is 2.30 bits per heavy atom. The minimum Gasteiger partial charge on any atom is -0.481 e. The average molecular weight is 140 g/mol. The van der Waals surface area contributed by atoms with Crippen LogP contribution >= 0.6 is 0 Å². The highest BCUT2D eigenvalue weighted by Gasteiger charge is 2.54. The van der Waals surface area contributed by atoms with Gasteiger partial charge in [0.15, 0.2) is 0 Å². The molecule has 0 heterocycles. The van der Waals surface area contributed by atoms with Gasteiger partial charge in [-0.2, -0.15) is 0 Å². The molecule has 2 rings (SSSR count). The van der Waals surface area contributed by atoms with Crippen LogP contribution in [-0.2, 0) is 4.79 Å². The minimum absolute atomic E-state index is 0.367. The van der Waals surface area contributed by atoms with Gasteiger partial charge in [0.2, 0.25) is 0 Å². The number of carbonyl (C=O) groups is 1. The summed E-state index contributed by atoms with van der Waals surface area (Å²) in [5.41, 5.74) is -0.367. The molecule has 0 amide bonds. The van der Waals surface area contributed by atoms with Gasteiger partial charge in [-0.05, 0) is 38.0 Å². The smallest absolute Gasteiger partial charge is 0.309 e. The zero-order valence-electron chi connectivity index (χ0n) is 6.13. The lowest BCUT2D eigenvalue weighted by molar-refractivity contribution is -0.148. The van der Waals surface area contributed by atoms with Gasteiger partial charge in [-0.3, -0.25) is 4.79 Å². The molecule has 0 bridgehead atoms. The van der Waals surface area contributed by atoms with Crippen molar-refractivity contribution >= 4 is 5.97 Å². The van der Waals surface area contributed by atoms with E-state index in [1.54, 1.807) is 0 Å². The largest absolute Gasteiger partial charge is 0.481 e. The molecule has 0 aromatic rings. The van der Waals surface area contributed by atoms with Crippen molar-refractivity contribution in [1.82, 2.24) is 0 Å². The third kappa shape index (κ3) is 0.678. The summed E-state index contributed by atoms with van der Waals surface area (Å²) in [7, 11) is 0. The van der Waals surface area contributed by atoms with Crippen LogP contribution in [0.2, 0.25) is 0 Å². The predicted octanol–water partition coefficient (Wildman–Crippen LogP) is 1.51. The van der Waals surface area contributed by atoms with Crippen molar-refractivity contribution in [2.24, 2.45) is 17.3 Å². The normalized spacial score (nSPS) is 40.9. The molecule has 0 saturated heterocycles.